The molecule has 6 N–H and O–H groups in total. The molecule has 5 heteroatoms. The topological polar surface area (TPSA) is 65.7 Å². The van der Waals surface area contributed by atoms with E-state index in [4.69, 9.17) is 17.4 Å². The second kappa shape index (κ2) is 3.04. The van der Waals surface area contributed by atoms with E-state index in [0.717, 1.165) is 0 Å². The van der Waals surface area contributed by atoms with Crippen LogP contribution in [0.3, 0.4) is 0 Å². The van der Waals surface area contributed by atoms with Gasteiger partial charge in [0.25, 0.3) is 0 Å². The number of hydrazine groups is 1. The lowest BCUT2D eigenvalue weighted by molar-refractivity contribution is -0.257. The largest absolute Gasteiger partial charge is 0.321 e. The van der Waals surface area contributed by atoms with Crippen molar-refractivity contribution in [1.29, 1.82) is 0 Å². The van der Waals surface area contributed by atoms with Crippen LogP contribution in [0.15, 0.2) is 12.1 Å². The van der Waals surface area contributed by atoms with Gasteiger partial charge >= 0.3 is 0 Å². The highest BCUT2D eigenvalue weighted by Crippen LogP contribution is 2.25. The van der Waals surface area contributed by atoms with Crippen LogP contribution in [0.25, 0.3) is 0 Å². The lowest BCUT2D eigenvalue weighted by atomic mass is 10.2. The van der Waals surface area contributed by atoms with Crippen molar-refractivity contribution in [1.82, 2.24) is 0 Å². The van der Waals surface area contributed by atoms with Gasteiger partial charge in [-0.2, -0.15) is 4.39 Å². The maximum atomic E-state index is 12.9. The molecule has 0 saturated carbocycles. The molecule has 0 atom stereocenters. The SMILES string of the molecule is NNc1ccc(Cl)c(F)c1[NH3+]. The van der Waals surface area contributed by atoms with Crippen LogP contribution in [0.5, 0.6) is 0 Å². The number of hydrogen-bond acceptors (Lipinski definition) is 2. The Hall–Kier alpha value is -0.840. The van der Waals surface area contributed by atoms with Gasteiger partial charge in [-0.1, -0.05) is 11.6 Å². The smallest absolute Gasteiger partial charge is 0.204 e. The third-order valence-corrected chi connectivity index (χ3v) is 1.64. The van der Waals surface area contributed by atoms with Crippen LogP contribution in [0, 0.1) is 5.82 Å². The van der Waals surface area contributed by atoms with Crippen molar-refractivity contribution in [2.24, 2.45) is 5.84 Å². The minimum Gasteiger partial charge on any atom is -0.321 e. The Kier molecular flexibility index (Phi) is 2.28. The Morgan fingerprint density at radius 1 is 1.55 bits per heavy atom. The van der Waals surface area contributed by atoms with Gasteiger partial charge in [0.05, 0.1) is 5.02 Å². The monoisotopic (exact) mass is 176 g/mol. The summed E-state index contributed by atoms with van der Waals surface area (Å²) in [5.41, 5.74) is 6.37. The Balaban J connectivity index is 3.25. The Morgan fingerprint density at radius 2 is 2.18 bits per heavy atom. The molecule has 60 valence electrons. The van der Waals surface area contributed by atoms with Gasteiger partial charge in [-0.25, -0.2) is 0 Å². The van der Waals surface area contributed by atoms with Gasteiger partial charge in [-0.05, 0) is 12.1 Å². The number of nitrogens with one attached hydrogen (secondary N) is 1. The summed E-state index contributed by atoms with van der Waals surface area (Å²) < 4.78 is 12.9. The summed E-state index contributed by atoms with van der Waals surface area (Å²) in [6, 6.07) is 2.98. The quantitative estimate of drug-likeness (QED) is 0.434. The number of halogens is 2. The third-order valence-electron chi connectivity index (χ3n) is 1.35. The molecule has 0 amide bonds. The molecule has 0 aromatic heterocycles. The second-order valence-electron chi connectivity index (χ2n) is 2.03. The van der Waals surface area contributed by atoms with Crippen LogP contribution in [0.4, 0.5) is 15.8 Å². The van der Waals surface area contributed by atoms with Crippen molar-refractivity contribution in [3.63, 3.8) is 0 Å². The minimum atomic E-state index is -0.540. The average Bonchev–Trinajstić information content (AvgIpc) is 2.01. The molecule has 0 aliphatic heterocycles. The van der Waals surface area contributed by atoms with E-state index in [1.807, 2.05) is 0 Å². The van der Waals surface area contributed by atoms with E-state index in [9.17, 15) is 4.39 Å². The van der Waals surface area contributed by atoms with Crippen molar-refractivity contribution < 1.29 is 10.1 Å². The molecule has 0 aliphatic carbocycles. The maximum Gasteiger partial charge on any atom is 0.204 e. The maximum absolute atomic E-state index is 12.9. The fourth-order valence-electron chi connectivity index (χ4n) is 0.728. The highest BCUT2D eigenvalue weighted by molar-refractivity contribution is 6.31. The fraction of sp³-hybridized carbons (Fsp3) is 0. The average molecular weight is 177 g/mol. The fourth-order valence-corrected chi connectivity index (χ4v) is 0.905. The molecule has 1 rings (SSSR count). The van der Waals surface area contributed by atoms with Gasteiger partial charge in [-0.15, -0.1) is 0 Å². The van der Waals surface area contributed by atoms with Crippen molar-refractivity contribution in [2.75, 3.05) is 5.43 Å². The molecule has 1 aromatic rings. The summed E-state index contributed by atoms with van der Waals surface area (Å²) in [5, 5.41) is 0.0500. The zero-order valence-corrected chi connectivity index (χ0v) is 6.45. The number of nitrogens with two attached hydrogens (primary N) is 1. The zero-order valence-electron chi connectivity index (χ0n) is 5.70. The zero-order chi connectivity index (χ0) is 8.43. The van der Waals surface area contributed by atoms with Gasteiger partial charge in [0.2, 0.25) is 5.82 Å². The summed E-state index contributed by atoms with van der Waals surface area (Å²) in [6.07, 6.45) is 0. The molecular weight excluding hydrogens is 169 g/mol. The Labute approximate surface area is 68.1 Å². The van der Waals surface area contributed by atoms with Crippen LogP contribution >= 0.6 is 11.6 Å². The first kappa shape index (κ1) is 8.26. The van der Waals surface area contributed by atoms with E-state index in [-0.39, 0.29) is 10.7 Å². The van der Waals surface area contributed by atoms with Crippen molar-refractivity contribution in [2.45, 2.75) is 0 Å². The number of anilines is 1. The van der Waals surface area contributed by atoms with Crippen molar-refractivity contribution >= 4 is 23.0 Å². The van der Waals surface area contributed by atoms with E-state index in [1.165, 1.54) is 6.07 Å². The summed E-state index contributed by atoms with van der Waals surface area (Å²) >= 11 is 5.46. The molecule has 1 aromatic carbocycles. The molecule has 11 heavy (non-hydrogen) atoms. The molecule has 0 aliphatic rings. The lowest BCUT2D eigenvalue weighted by Crippen LogP contribution is -2.42. The van der Waals surface area contributed by atoms with Crippen molar-refractivity contribution in [3.8, 4) is 0 Å². The van der Waals surface area contributed by atoms with Gasteiger partial charge < -0.3 is 11.2 Å². The van der Waals surface area contributed by atoms with E-state index in [1.54, 1.807) is 6.07 Å². The molecule has 0 radical (unpaired) electrons. The first-order valence-corrected chi connectivity index (χ1v) is 3.31. The van der Waals surface area contributed by atoms with Gasteiger partial charge in [0.15, 0.2) is 5.69 Å². The molecule has 0 heterocycles. The lowest BCUT2D eigenvalue weighted by Gasteiger charge is -2.01. The highest BCUT2D eigenvalue weighted by atomic mass is 35.5. The van der Waals surface area contributed by atoms with Crippen LogP contribution in [0.2, 0.25) is 5.02 Å². The second-order valence-corrected chi connectivity index (χ2v) is 2.44. The molecule has 0 unspecified atom stereocenters. The van der Waals surface area contributed by atoms with Gasteiger partial charge in [0.1, 0.15) is 5.69 Å². The standard InChI is InChI=1S/C6H7ClFN3/c7-3-1-2-4(11-10)6(9)5(3)8/h1-2,11H,9-10H2/p+1. The van der Waals surface area contributed by atoms with Gasteiger partial charge in [0, 0.05) is 0 Å². The first-order valence-electron chi connectivity index (χ1n) is 2.93. The van der Waals surface area contributed by atoms with E-state index >= 15 is 0 Å². The number of nitrogen functional groups attached to an aromatic ring is 1. The van der Waals surface area contributed by atoms with Crippen molar-refractivity contribution in [3.05, 3.63) is 23.0 Å². The number of hydrogen-bond donors (Lipinski definition) is 3. The highest BCUT2D eigenvalue weighted by Gasteiger charge is 2.10. The summed E-state index contributed by atoms with van der Waals surface area (Å²) in [5.74, 6) is 4.53. The van der Waals surface area contributed by atoms with Crippen LogP contribution in [-0.2, 0) is 0 Å². The Morgan fingerprint density at radius 3 is 2.73 bits per heavy atom. The number of quaternary nitrogens is 1. The third kappa shape index (κ3) is 1.42. The van der Waals surface area contributed by atoms with E-state index in [0.29, 0.717) is 5.69 Å². The van der Waals surface area contributed by atoms with E-state index in [2.05, 4.69) is 11.2 Å². The molecule has 0 fully saturated rings. The normalized spacial score (nSPS) is 9.82. The molecule has 0 spiro atoms. The Bertz CT molecular complexity index is 277. The summed E-state index contributed by atoms with van der Waals surface area (Å²) in [4.78, 5) is 0. The summed E-state index contributed by atoms with van der Waals surface area (Å²) in [6.45, 7) is 0. The summed E-state index contributed by atoms with van der Waals surface area (Å²) in [7, 11) is 0. The van der Waals surface area contributed by atoms with Crippen LogP contribution in [-0.4, -0.2) is 0 Å². The first-order chi connectivity index (χ1) is 5.16. The van der Waals surface area contributed by atoms with Crippen LogP contribution in [0.1, 0.15) is 0 Å². The van der Waals surface area contributed by atoms with Gasteiger partial charge in [-0.3, -0.25) is 5.84 Å². The molecule has 0 bridgehead atoms. The molecular formula is C6H8ClFN3+. The minimum absolute atomic E-state index is 0.0500. The molecule has 3 nitrogen and oxygen atoms in total. The molecule has 0 saturated heterocycles. The predicted octanol–water partition coefficient (Wildman–Crippen LogP) is 0.638. The number of rotatable bonds is 1. The predicted molar refractivity (Wildman–Crippen MR) is 41.8 cm³/mol. The van der Waals surface area contributed by atoms with Crippen LogP contribution < -0.4 is 17.0 Å². The number of benzene rings is 1. The van der Waals surface area contributed by atoms with E-state index < -0.39 is 5.82 Å².